The van der Waals surface area contributed by atoms with Crippen LogP contribution in [0.5, 0.6) is 0 Å². The van der Waals surface area contributed by atoms with Crippen LogP contribution >= 0.6 is 11.6 Å². The van der Waals surface area contributed by atoms with E-state index in [1.807, 2.05) is 5.32 Å². The fourth-order valence-corrected chi connectivity index (χ4v) is 3.36. The first-order valence-corrected chi connectivity index (χ1v) is 9.13. The highest BCUT2D eigenvalue weighted by atomic mass is 35.5. The molecule has 0 fully saturated rings. The molecule has 1 N–H and O–H groups in total. The molecule has 0 atom stereocenters. The van der Waals surface area contributed by atoms with Crippen LogP contribution in [0.4, 0.5) is 0 Å². The van der Waals surface area contributed by atoms with Crippen molar-refractivity contribution in [2.45, 2.75) is 25.2 Å². The van der Waals surface area contributed by atoms with E-state index in [-0.39, 0.29) is 15.8 Å². The second-order valence-electron chi connectivity index (χ2n) is 5.23. The van der Waals surface area contributed by atoms with Crippen LogP contribution in [0.25, 0.3) is 0 Å². The van der Waals surface area contributed by atoms with Gasteiger partial charge in [-0.3, -0.25) is 19.7 Å². The van der Waals surface area contributed by atoms with Gasteiger partial charge in [-0.05, 0) is 12.1 Å². The Morgan fingerprint density at radius 1 is 1.21 bits per heavy atom. The predicted octanol–water partition coefficient (Wildman–Crippen LogP) is 1.35. The van der Waals surface area contributed by atoms with Gasteiger partial charge in [0.1, 0.15) is 0 Å². The molecule has 7 nitrogen and oxygen atoms in total. The zero-order valence-corrected chi connectivity index (χ0v) is 14.8. The third-order valence-corrected chi connectivity index (χ3v) is 5.11. The Morgan fingerprint density at radius 3 is 2.42 bits per heavy atom. The number of sulfone groups is 1. The van der Waals surface area contributed by atoms with Gasteiger partial charge in [0.05, 0.1) is 22.1 Å². The van der Waals surface area contributed by atoms with E-state index in [1.165, 1.54) is 18.2 Å². The molecule has 0 aliphatic carbocycles. The third-order valence-electron chi connectivity index (χ3n) is 2.90. The Hall–Kier alpha value is -1.93. The second-order valence-corrected chi connectivity index (χ2v) is 7.71. The Morgan fingerprint density at radius 2 is 1.83 bits per heavy atom. The van der Waals surface area contributed by atoms with E-state index in [0.717, 1.165) is 0 Å². The van der Waals surface area contributed by atoms with E-state index in [0.29, 0.717) is 0 Å². The smallest absolute Gasteiger partial charge is 0.307 e. The van der Waals surface area contributed by atoms with Crippen LogP contribution < -0.4 is 5.32 Å². The topological polar surface area (TPSA) is 107 Å². The van der Waals surface area contributed by atoms with Crippen LogP contribution in [0, 0.1) is 5.92 Å². The number of carbonyl (C=O) groups is 3. The Bertz CT molecular complexity index is 729. The van der Waals surface area contributed by atoms with E-state index in [2.05, 4.69) is 4.74 Å². The van der Waals surface area contributed by atoms with Crippen molar-refractivity contribution in [3.05, 3.63) is 29.3 Å². The molecule has 0 radical (unpaired) electrons. The molecule has 1 aromatic carbocycles. The van der Waals surface area contributed by atoms with Crippen LogP contribution in [0.1, 0.15) is 20.3 Å². The minimum Gasteiger partial charge on any atom is -0.456 e. The lowest BCUT2D eigenvalue weighted by Crippen LogP contribution is -2.36. The molecule has 0 aliphatic rings. The maximum absolute atomic E-state index is 12.1. The maximum atomic E-state index is 12.1. The summed E-state index contributed by atoms with van der Waals surface area (Å²) in [7, 11) is -3.74. The molecular weight excluding hydrogens is 358 g/mol. The van der Waals surface area contributed by atoms with Gasteiger partial charge < -0.3 is 4.74 Å². The number of esters is 1. The van der Waals surface area contributed by atoms with Gasteiger partial charge >= 0.3 is 5.97 Å². The number of benzene rings is 1. The molecule has 24 heavy (non-hydrogen) atoms. The van der Waals surface area contributed by atoms with Crippen molar-refractivity contribution in [1.29, 1.82) is 0 Å². The summed E-state index contributed by atoms with van der Waals surface area (Å²) in [6, 6.07) is 5.89. The van der Waals surface area contributed by atoms with E-state index in [4.69, 9.17) is 11.6 Å². The predicted molar refractivity (Wildman–Crippen MR) is 87.1 cm³/mol. The van der Waals surface area contributed by atoms with Crippen molar-refractivity contribution in [3.8, 4) is 0 Å². The van der Waals surface area contributed by atoms with E-state index in [9.17, 15) is 22.8 Å². The minimum atomic E-state index is -3.74. The van der Waals surface area contributed by atoms with Gasteiger partial charge in [0, 0.05) is 5.92 Å². The molecule has 1 rings (SSSR count). The molecule has 0 spiro atoms. The third kappa shape index (κ3) is 6.29. The highest BCUT2D eigenvalue weighted by Gasteiger charge is 2.20. The lowest BCUT2D eigenvalue weighted by molar-refractivity contribution is -0.149. The molecule has 1 aromatic rings. The maximum Gasteiger partial charge on any atom is 0.307 e. The zero-order chi connectivity index (χ0) is 18.3. The summed E-state index contributed by atoms with van der Waals surface area (Å²) >= 11 is 5.82. The molecule has 0 aromatic heterocycles. The first-order chi connectivity index (χ1) is 11.1. The molecule has 2 amide bonds. The molecule has 0 unspecified atom stereocenters. The Kier molecular flexibility index (Phi) is 7.37. The van der Waals surface area contributed by atoms with Crippen molar-refractivity contribution in [2.75, 3.05) is 12.4 Å². The van der Waals surface area contributed by atoms with Crippen molar-refractivity contribution in [1.82, 2.24) is 5.32 Å². The molecule has 0 heterocycles. The average molecular weight is 376 g/mol. The number of rotatable bonds is 7. The molecule has 0 saturated heterocycles. The summed E-state index contributed by atoms with van der Waals surface area (Å²) in [6.45, 7) is 2.56. The lowest BCUT2D eigenvalue weighted by Gasteiger charge is -2.08. The number of hydrogen-bond acceptors (Lipinski definition) is 6. The van der Waals surface area contributed by atoms with Crippen LogP contribution in [0.3, 0.4) is 0 Å². The average Bonchev–Trinajstić information content (AvgIpc) is 2.51. The molecular formula is C15H18ClNO6S. The molecule has 9 heteroatoms. The van der Waals surface area contributed by atoms with Crippen LogP contribution in [0.2, 0.25) is 5.02 Å². The van der Waals surface area contributed by atoms with E-state index >= 15 is 0 Å². The van der Waals surface area contributed by atoms with Crippen LogP contribution in [-0.4, -0.2) is 38.6 Å². The van der Waals surface area contributed by atoms with Crippen LogP contribution in [0.15, 0.2) is 29.2 Å². The standard InChI is InChI=1S/C15H18ClNO6S/c1-10(2)15(20)17-13(18)9-23-14(19)7-8-24(21,22)12-6-4-3-5-11(12)16/h3-6,10H,7-9H2,1-2H3,(H,17,18,20). The van der Waals surface area contributed by atoms with Crippen molar-refractivity contribution in [2.24, 2.45) is 5.92 Å². The van der Waals surface area contributed by atoms with Gasteiger partial charge in [0.15, 0.2) is 16.4 Å². The number of hydrogen-bond donors (Lipinski definition) is 1. The quantitative estimate of drug-likeness (QED) is 0.721. The number of amides is 2. The highest BCUT2D eigenvalue weighted by Crippen LogP contribution is 2.22. The molecule has 0 bridgehead atoms. The van der Waals surface area contributed by atoms with Gasteiger partial charge in [-0.2, -0.15) is 0 Å². The second kappa shape index (κ2) is 8.79. The monoisotopic (exact) mass is 375 g/mol. The normalized spacial score (nSPS) is 11.2. The molecule has 0 saturated carbocycles. The number of ether oxygens (including phenoxy) is 1. The minimum absolute atomic E-state index is 0.0671. The summed E-state index contributed by atoms with van der Waals surface area (Å²) in [6.07, 6.45) is -0.432. The largest absolute Gasteiger partial charge is 0.456 e. The summed E-state index contributed by atoms with van der Waals surface area (Å²) in [5.74, 6) is -3.00. The van der Waals surface area contributed by atoms with Gasteiger partial charge in [-0.1, -0.05) is 37.6 Å². The summed E-state index contributed by atoms with van der Waals surface area (Å²) in [5, 5.41) is 2.12. The Balaban J connectivity index is 2.48. The fourth-order valence-electron chi connectivity index (χ4n) is 1.56. The Labute approximate surface area is 145 Å². The van der Waals surface area contributed by atoms with Crippen molar-refractivity contribution < 1.29 is 27.5 Å². The number of carbonyl (C=O) groups excluding carboxylic acids is 3. The van der Waals surface area contributed by atoms with E-state index < -0.39 is 46.4 Å². The summed E-state index contributed by atoms with van der Waals surface area (Å²) < 4.78 is 28.8. The number of nitrogens with one attached hydrogen (secondary N) is 1. The van der Waals surface area contributed by atoms with E-state index in [1.54, 1.807) is 19.9 Å². The van der Waals surface area contributed by atoms with Gasteiger partial charge in [-0.15, -0.1) is 0 Å². The molecule has 0 aliphatic heterocycles. The summed E-state index contributed by atoms with van der Waals surface area (Å²) in [5.41, 5.74) is 0. The highest BCUT2D eigenvalue weighted by molar-refractivity contribution is 7.91. The van der Waals surface area contributed by atoms with Gasteiger partial charge in [-0.25, -0.2) is 8.42 Å². The lowest BCUT2D eigenvalue weighted by atomic mass is 10.2. The SMILES string of the molecule is CC(C)C(=O)NC(=O)COC(=O)CCS(=O)(=O)c1ccccc1Cl. The number of imide groups is 1. The van der Waals surface area contributed by atoms with Gasteiger partial charge in [0.25, 0.3) is 5.91 Å². The molecule has 132 valence electrons. The van der Waals surface area contributed by atoms with Crippen LogP contribution in [-0.2, 0) is 29.0 Å². The first kappa shape index (κ1) is 20.1. The first-order valence-electron chi connectivity index (χ1n) is 7.10. The van der Waals surface area contributed by atoms with Gasteiger partial charge in [0.2, 0.25) is 5.91 Å². The number of halogens is 1. The zero-order valence-electron chi connectivity index (χ0n) is 13.2. The van der Waals surface area contributed by atoms with Crippen molar-refractivity contribution >= 4 is 39.2 Å². The fraction of sp³-hybridized carbons (Fsp3) is 0.400. The van der Waals surface area contributed by atoms with Crippen molar-refractivity contribution in [3.63, 3.8) is 0 Å². The summed E-state index contributed by atoms with van der Waals surface area (Å²) in [4.78, 5) is 34.1.